The Morgan fingerprint density at radius 3 is 2.70 bits per heavy atom. The summed E-state index contributed by atoms with van der Waals surface area (Å²) in [4.78, 5) is 14.3. The molecule has 2 aromatic rings. The van der Waals surface area contributed by atoms with Crippen molar-refractivity contribution in [1.82, 2.24) is 4.90 Å². The van der Waals surface area contributed by atoms with Gasteiger partial charge in [-0.2, -0.15) is 0 Å². The molecule has 1 fully saturated rings. The van der Waals surface area contributed by atoms with Crippen LogP contribution < -0.4 is 18.9 Å². The highest BCUT2D eigenvalue weighted by Crippen LogP contribution is 2.35. The van der Waals surface area contributed by atoms with E-state index in [0.29, 0.717) is 43.5 Å². The van der Waals surface area contributed by atoms with Crippen LogP contribution in [-0.2, 0) is 19.6 Å². The molecule has 1 saturated heterocycles. The van der Waals surface area contributed by atoms with Gasteiger partial charge in [-0.05, 0) is 24.3 Å². The molecule has 9 nitrogen and oxygen atoms in total. The van der Waals surface area contributed by atoms with Gasteiger partial charge in [0.05, 0.1) is 30.9 Å². The van der Waals surface area contributed by atoms with Crippen molar-refractivity contribution in [2.24, 2.45) is 0 Å². The summed E-state index contributed by atoms with van der Waals surface area (Å²) in [6, 6.07) is 10.9. The molecule has 2 heterocycles. The molecule has 30 heavy (non-hydrogen) atoms. The first kappa shape index (κ1) is 20.3. The molecule has 0 unspecified atom stereocenters. The Kier molecular flexibility index (Phi) is 5.69. The minimum Gasteiger partial charge on any atom is -0.497 e. The van der Waals surface area contributed by atoms with Crippen molar-refractivity contribution >= 4 is 21.6 Å². The number of amides is 1. The van der Waals surface area contributed by atoms with E-state index in [1.807, 2.05) is 0 Å². The minimum absolute atomic E-state index is 0.00992. The molecule has 0 saturated carbocycles. The maximum Gasteiger partial charge on any atom is 0.267 e. The molecule has 1 N–H and O–H groups in total. The van der Waals surface area contributed by atoms with Crippen LogP contribution in [0.5, 0.6) is 17.2 Å². The summed E-state index contributed by atoms with van der Waals surface area (Å²) in [7, 11) is -2.34. The molecule has 2 aliphatic heterocycles. The highest BCUT2D eigenvalue weighted by Gasteiger charge is 2.32. The third-order valence-electron chi connectivity index (χ3n) is 4.81. The lowest BCUT2D eigenvalue weighted by atomic mass is 10.2. The summed E-state index contributed by atoms with van der Waals surface area (Å²) in [5.41, 5.74) is 0.375. The molecule has 0 bridgehead atoms. The lowest BCUT2D eigenvalue weighted by Crippen LogP contribution is -2.50. The lowest BCUT2D eigenvalue weighted by Gasteiger charge is -2.32. The predicted molar refractivity (Wildman–Crippen MR) is 108 cm³/mol. The summed E-state index contributed by atoms with van der Waals surface area (Å²) in [5, 5.41) is 0. The number of ether oxygens (including phenoxy) is 4. The van der Waals surface area contributed by atoms with Crippen molar-refractivity contribution in [2.75, 3.05) is 44.7 Å². The summed E-state index contributed by atoms with van der Waals surface area (Å²) < 4.78 is 49.8. The quantitative estimate of drug-likeness (QED) is 0.761. The monoisotopic (exact) mass is 434 g/mol. The normalized spacial score (nSPS) is 18.6. The Bertz CT molecular complexity index is 1040. The molecule has 10 heteroatoms. The van der Waals surface area contributed by atoms with Crippen LogP contribution in [0.2, 0.25) is 0 Å². The number of carbonyl (C=O) groups excluding carboxylic acids is 1. The second-order valence-corrected chi connectivity index (χ2v) is 8.48. The van der Waals surface area contributed by atoms with Gasteiger partial charge in [-0.25, -0.2) is 8.42 Å². The molecular weight excluding hydrogens is 412 g/mol. The maximum atomic E-state index is 12.7. The summed E-state index contributed by atoms with van der Waals surface area (Å²) in [6.45, 7) is 2.03. The SMILES string of the molecule is COc1cccc(NS(=O)(=O)c2ccc3c(c2)OC[C@H](C(=O)N2CCOCC2)O3)c1. The Labute approximate surface area is 174 Å². The second-order valence-electron chi connectivity index (χ2n) is 6.80. The maximum absolute atomic E-state index is 12.7. The van der Waals surface area contributed by atoms with Crippen molar-refractivity contribution in [2.45, 2.75) is 11.0 Å². The Morgan fingerprint density at radius 1 is 1.13 bits per heavy atom. The van der Waals surface area contributed by atoms with E-state index in [9.17, 15) is 13.2 Å². The Balaban J connectivity index is 1.48. The van der Waals surface area contributed by atoms with E-state index in [1.54, 1.807) is 29.2 Å². The molecule has 0 radical (unpaired) electrons. The van der Waals surface area contributed by atoms with Gasteiger partial charge in [-0.3, -0.25) is 9.52 Å². The molecule has 160 valence electrons. The molecule has 4 rings (SSSR count). The van der Waals surface area contributed by atoms with Gasteiger partial charge in [0.25, 0.3) is 15.9 Å². The van der Waals surface area contributed by atoms with Gasteiger partial charge in [0.2, 0.25) is 6.10 Å². The molecule has 0 aliphatic carbocycles. The van der Waals surface area contributed by atoms with Crippen molar-refractivity contribution in [1.29, 1.82) is 0 Å². The van der Waals surface area contributed by atoms with Crippen LogP contribution in [0.15, 0.2) is 47.4 Å². The van der Waals surface area contributed by atoms with E-state index < -0.39 is 16.1 Å². The number of methoxy groups -OCH3 is 1. The topological polar surface area (TPSA) is 103 Å². The minimum atomic E-state index is -3.85. The fraction of sp³-hybridized carbons (Fsp3) is 0.350. The third-order valence-corrected chi connectivity index (χ3v) is 6.18. The zero-order valence-corrected chi connectivity index (χ0v) is 17.2. The van der Waals surface area contributed by atoms with Gasteiger partial charge in [0, 0.05) is 25.2 Å². The van der Waals surface area contributed by atoms with Gasteiger partial charge in [-0.1, -0.05) is 6.07 Å². The second kappa shape index (κ2) is 8.41. The number of carbonyl (C=O) groups is 1. The number of nitrogens with zero attached hydrogens (tertiary/aromatic N) is 1. The molecule has 1 atom stereocenters. The van der Waals surface area contributed by atoms with Crippen LogP contribution >= 0.6 is 0 Å². The number of benzene rings is 2. The number of rotatable bonds is 5. The van der Waals surface area contributed by atoms with Gasteiger partial charge in [0.15, 0.2) is 11.5 Å². The molecule has 0 aromatic heterocycles. The smallest absolute Gasteiger partial charge is 0.267 e. The van der Waals surface area contributed by atoms with Gasteiger partial charge in [0.1, 0.15) is 12.4 Å². The van der Waals surface area contributed by atoms with Crippen molar-refractivity contribution < 1.29 is 32.2 Å². The molecule has 2 aromatic carbocycles. The van der Waals surface area contributed by atoms with Crippen LogP contribution in [0.4, 0.5) is 5.69 Å². The zero-order chi connectivity index (χ0) is 21.1. The van der Waals surface area contributed by atoms with Gasteiger partial charge in [-0.15, -0.1) is 0 Å². The number of sulfonamides is 1. The Hall–Kier alpha value is -2.98. The third kappa shape index (κ3) is 4.29. The lowest BCUT2D eigenvalue weighted by molar-refractivity contribution is -0.145. The first-order valence-corrected chi connectivity index (χ1v) is 10.9. The average molecular weight is 434 g/mol. The van der Waals surface area contributed by atoms with Crippen LogP contribution in [0.25, 0.3) is 0 Å². The highest BCUT2D eigenvalue weighted by molar-refractivity contribution is 7.92. The molecular formula is C20H22N2O7S. The van der Waals surface area contributed by atoms with Crippen LogP contribution in [-0.4, -0.2) is 65.3 Å². The van der Waals surface area contributed by atoms with Crippen LogP contribution in [0, 0.1) is 0 Å². The first-order valence-electron chi connectivity index (χ1n) is 9.43. The highest BCUT2D eigenvalue weighted by atomic mass is 32.2. The predicted octanol–water partition coefficient (Wildman–Crippen LogP) is 1.49. The fourth-order valence-corrected chi connectivity index (χ4v) is 4.29. The summed E-state index contributed by atoms with van der Waals surface area (Å²) in [6.07, 6.45) is -0.770. The number of fused-ring (bicyclic) bond motifs is 1. The first-order chi connectivity index (χ1) is 14.5. The number of anilines is 1. The number of hydrogen-bond acceptors (Lipinski definition) is 7. The number of nitrogens with one attached hydrogen (secondary N) is 1. The van der Waals surface area contributed by atoms with E-state index in [-0.39, 0.29) is 23.2 Å². The van der Waals surface area contributed by atoms with Crippen LogP contribution in [0.1, 0.15) is 0 Å². The van der Waals surface area contributed by atoms with E-state index in [0.717, 1.165) is 0 Å². The van der Waals surface area contributed by atoms with E-state index in [4.69, 9.17) is 18.9 Å². The van der Waals surface area contributed by atoms with E-state index in [1.165, 1.54) is 25.3 Å². The molecule has 0 spiro atoms. The largest absolute Gasteiger partial charge is 0.497 e. The zero-order valence-electron chi connectivity index (χ0n) is 16.4. The standard InChI is InChI=1S/C20H22N2O7S/c1-26-15-4-2-3-14(11-15)21-30(24,25)16-5-6-17-18(12-16)28-13-19(29-17)20(23)22-7-9-27-10-8-22/h2-6,11-12,19,21H,7-10,13H2,1H3/t19-/m1/s1. The molecule has 2 aliphatic rings. The number of hydrogen-bond donors (Lipinski definition) is 1. The summed E-state index contributed by atoms with van der Waals surface area (Å²) in [5.74, 6) is 0.969. The van der Waals surface area contributed by atoms with Crippen molar-refractivity contribution in [3.8, 4) is 17.2 Å². The Morgan fingerprint density at radius 2 is 1.93 bits per heavy atom. The van der Waals surface area contributed by atoms with E-state index in [2.05, 4.69) is 4.72 Å². The number of morpholine rings is 1. The van der Waals surface area contributed by atoms with Crippen molar-refractivity contribution in [3.05, 3.63) is 42.5 Å². The molecule has 1 amide bonds. The van der Waals surface area contributed by atoms with E-state index >= 15 is 0 Å². The average Bonchev–Trinajstić information content (AvgIpc) is 2.78. The van der Waals surface area contributed by atoms with Crippen LogP contribution in [0.3, 0.4) is 0 Å². The fourth-order valence-electron chi connectivity index (χ4n) is 3.23. The summed E-state index contributed by atoms with van der Waals surface area (Å²) >= 11 is 0. The van der Waals surface area contributed by atoms with Gasteiger partial charge >= 0.3 is 0 Å². The van der Waals surface area contributed by atoms with Crippen molar-refractivity contribution in [3.63, 3.8) is 0 Å². The van der Waals surface area contributed by atoms with Gasteiger partial charge < -0.3 is 23.8 Å².